The highest BCUT2D eigenvalue weighted by molar-refractivity contribution is 8.26. The van der Waals surface area contributed by atoms with Crippen molar-refractivity contribution >= 4 is 79.8 Å². The number of anilines is 1. The van der Waals surface area contributed by atoms with Crippen LogP contribution in [0, 0.1) is 0 Å². The zero-order valence-corrected chi connectivity index (χ0v) is 23.1. The van der Waals surface area contributed by atoms with Gasteiger partial charge in [0.25, 0.3) is 11.8 Å². The summed E-state index contributed by atoms with van der Waals surface area (Å²) in [7, 11) is 0. The Morgan fingerprint density at radius 3 is 2.89 bits per heavy atom. The number of thioether (sulfide) groups is 1. The lowest BCUT2D eigenvalue weighted by Gasteiger charge is -2.14. The number of hydrogen-bond acceptors (Lipinski definition) is 8. The summed E-state index contributed by atoms with van der Waals surface area (Å²) in [5, 5.41) is 8.49. The van der Waals surface area contributed by atoms with Crippen LogP contribution < -0.4 is 10.6 Å². The Labute approximate surface area is 232 Å². The van der Waals surface area contributed by atoms with E-state index < -0.39 is 0 Å². The van der Waals surface area contributed by atoms with E-state index in [0.29, 0.717) is 39.3 Å². The summed E-state index contributed by atoms with van der Waals surface area (Å²) >= 11 is 9.74. The fraction of sp³-hybridized carbons (Fsp3) is 0.269. The molecular formula is C26H24N4O3S4. The van der Waals surface area contributed by atoms with Gasteiger partial charge in [-0.1, -0.05) is 36.1 Å². The van der Waals surface area contributed by atoms with E-state index in [1.165, 1.54) is 23.1 Å². The van der Waals surface area contributed by atoms with Crippen LogP contribution >= 0.6 is 46.7 Å². The van der Waals surface area contributed by atoms with E-state index in [2.05, 4.69) is 15.6 Å². The number of carbonyl (C=O) groups excluding carboxylic acids is 3. The molecule has 1 aliphatic carbocycles. The highest BCUT2D eigenvalue weighted by Gasteiger charge is 2.32. The van der Waals surface area contributed by atoms with Gasteiger partial charge >= 0.3 is 0 Å². The van der Waals surface area contributed by atoms with E-state index in [1.807, 2.05) is 35.7 Å². The molecule has 0 unspecified atom stereocenters. The molecule has 3 aromatic heterocycles. The first kappa shape index (κ1) is 25.8. The molecule has 0 aromatic carbocycles. The van der Waals surface area contributed by atoms with Gasteiger partial charge < -0.3 is 10.6 Å². The van der Waals surface area contributed by atoms with Crippen LogP contribution in [0.3, 0.4) is 0 Å². The van der Waals surface area contributed by atoms with Crippen molar-refractivity contribution in [3.8, 4) is 0 Å². The maximum absolute atomic E-state index is 13.1. The van der Waals surface area contributed by atoms with Crippen LogP contribution in [0.25, 0.3) is 6.08 Å². The minimum absolute atomic E-state index is 0.119. The third kappa shape index (κ3) is 6.01. The SMILES string of the molecule is O=C(CCCN1C(=O)/C(=C/c2cccs2)SC1=S)Nc1sc2c(c1C(=O)NCc1cccnc1)CCC2. The second-order valence-electron chi connectivity index (χ2n) is 8.61. The van der Waals surface area contributed by atoms with E-state index >= 15 is 0 Å². The Hall–Kier alpha value is -2.86. The standard InChI is InChI=1S/C26H24N4O3S4/c31-21(9-3-11-30-25(33)20(37-26(30)34)13-17-6-4-12-35-17)29-24-22(18-7-1-8-19(18)36-24)23(32)28-15-16-5-2-10-27-14-16/h2,4-6,10,12-14H,1,3,7-9,11,15H2,(H,28,32)(H,29,31)/b20-13-. The maximum Gasteiger partial charge on any atom is 0.266 e. The van der Waals surface area contributed by atoms with Gasteiger partial charge in [-0.25, -0.2) is 0 Å². The minimum atomic E-state index is -0.186. The number of aromatic nitrogens is 1. The van der Waals surface area contributed by atoms with Crippen LogP contribution in [0.15, 0.2) is 46.9 Å². The largest absolute Gasteiger partial charge is 0.348 e. The second kappa shape index (κ2) is 11.7. The fourth-order valence-corrected chi connectivity index (χ4v) is 7.62. The fourth-order valence-electron chi connectivity index (χ4n) is 4.29. The Kier molecular flexibility index (Phi) is 8.14. The molecule has 0 radical (unpaired) electrons. The molecule has 0 spiro atoms. The predicted molar refractivity (Wildman–Crippen MR) is 154 cm³/mol. The molecule has 1 fully saturated rings. The van der Waals surface area contributed by atoms with Crippen LogP contribution in [0.5, 0.6) is 0 Å². The number of rotatable bonds is 9. The van der Waals surface area contributed by atoms with E-state index in [9.17, 15) is 14.4 Å². The topological polar surface area (TPSA) is 91.4 Å². The molecular weight excluding hydrogens is 545 g/mol. The third-order valence-corrected chi connectivity index (χ3v) is 9.46. The van der Waals surface area contributed by atoms with Gasteiger partial charge in [0, 0.05) is 41.7 Å². The van der Waals surface area contributed by atoms with Crippen LogP contribution in [-0.4, -0.2) is 38.5 Å². The van der Waals surface area contributed by atoms with Crippen molar-refractivity contribution in [2.24, 2.45) is 0 Å². The first-order valence-electron chi connectivity index (χ1n) is 11.9. The van der Waals surface area contributed by atoms with Gasteiger partial charge in [0.15, 0.2) is 0 Å². The molecule has 3 aromatic rings. The molecule has 2 aliphatic rings. The summed E-state index contributed by atoms with van der Waals surface area (Å²) in [4.78, 5) is 47.1. The molecule has 37 heavy (non-hydrogen) atoms. The summed E-state index contributed by atoms with van der Waals surface area (Å²) in [6.07, 6.45) is 8.74. The van der Waals surface area contributed by atoms with E-state index in [1.54, 1.807) is 28.6 Å². The molecule has 1 aliphatic heterocycles. The molecule has 11 heteroatoms. The maximum atomic E-state index is 13.1. The number of carbonyl (C=O) groups is 3. The van der Waals surface area contributed by atoms with Gasteiger partial charge in [-0.3, -0.25) is 24.3 Å². The smallest absolute Gasteiger partial charge is 0.266 e. The number of nitrogens with zero attached hydrogens (tertiary/aromatic N) is 2. The second-order valence-corrected chi connectivity index (χ2v) is 12.4. The van der Waals surface area contributed by atoms with Gasteiger partial charge in [-0.2, -0.15) is 0 Å². The van der Waals surface area contributed by atoms with Crippen molar-refractivity contribution in [1.82, 2.24) is 15.2 Å². The molecule has 190 valence electrons. The summed E-state index contributed by atoms with van der Waals surface area (Å²) < 4.78 is 0.510. The number of amides is 3. The Bertz CT molecular complexity index is 1370. The lowest BCUT2D eigenvalue weighted by Crippen LogP contribution is -2.29. The molecule has 0 bridgehead atoms. The number of thiocarbonyl (C=S) groups is 1. The molecule has 4 heterocycles. The molecule has 7 nitrogen and oxygen atoms in total. The Balaban J connectivity index is 1.18. The quantitative estimate of drug-likeness (QED) is 0.271. The number of thiophene rings is 2. The highest BCUT2D eigenvalue weighted by atomic mass is 32.2. The summed E-state index contributed by atoms with van der Waals surface area (Å²) in [5.41, 5.74) is 2.53. The van der Waals surface area contributed by atoms with Crippen LogP contribution in [0.1, 0.15) is 50.5 Å². The van der Waals surface area contributed by atoms with Crippen LogP contribution in [-0.2, 0) is 29.0 Å². The van der Waals surface area contributed by atoms with Crippen molar-refractivity contribution < 1.29 is 14.4 Å². The van der Waals surface area contributed by atoms with Gasteiger partial charge in [0.2, 0.25) is 5.91 Å². The zero-order chi connectivity index (χ0) is 25.8. The van der Waals surface area contributed by atoms with E-state index in [4.69, 9.17) is 12.2 Å². The monoisotopic (exact) mass is 568 g/mol. The average molecular weight is 569 g/mol. The van der Waals surface area contributed by atoms with Gasteiger partial charge in [0.1, 0.15) is 9.32 Å². The van der Waals surface area contributed by atoms with Crippen molar-refractivity contribution in [3.05, 3.63) is 73.4 Å². The number of aryl methyl sites for hydroxylation is 1. The number of pyridine rings is 1. The van der Waals surface area contributed by atoms with Crippen molar-refractivity contribution in [2.45, 2.75) is 38.6 Å². The molecule has 2 N–H and O–H groups in total. The van der Waals surface area contributed by atoms with Gasteiger partial charge in [-0.05, 0) is 60.4 Å². The lowest BCUT2D eigenvalue weighted by molar-refractivity contribution is -0.122. The van der Waals surface area contributed by atoms with Crippen molar-refractivity contribution in [1.29, 1.82) is 0 Å². The van der Waals surface area contributed by atoms with Crippen molar-refractivity contribution in [2.75, 3.05) is 11.9 Å². The Morgan fingerprint density at radius 2 is 2.11 bits per heavy atom. The van der Waals surface area contributed by atoms with Crippen LogP contribution in [0.2, 0.25) is 0 Å². The zero-order valence-electron chi connectivity index (χ0n) is 19.8. The molecule has 1 saturated heterocycles. The minimum Gasteiger partial charge on any atom is -0.348 e. The summed E-state index contributed by atoms with van der Waals surface area (Å²) in [6.45, 7) is 0.745. The van der Waals surface area contributed by atoms with E-state index in [0.717, 1.165) is 40.1 Å². The summed E-state index contributed by atoms with van der Waals surface area (Å²) in [5.74, 6) is -0.486. The van der Waals surface area contributed by atoms with Crippen molar-refractivity contribution in [3.63, 3.8) is 0 Å². The molecule has 3 amide bonds. The molecule has 5 rings (SSSR count). The highest BCUT2D eigenvalue weighted by Crippen LogP contribution is 2.39. The van der Waals surface area contributed by atoms with Gasteiger partial charge in [-0.15, -0.1) is 22.7 Å². The third-order valence-electron chi connectivity index (χ3n) is 6.05. The summed E-state index contributed by atoms with van der Waals surface area (Å²) in [6, 6.07) is 7.63. The first-order valence-corrected chi connectivity index (χ1v) is 14.8. The number of hydrogen-bond donors (Lipinski definition) is 2. The average Bonchev–Trinajstić information content (AvgIpc) is 3.67. The number of fused-ring (bicyclic) bond motifs is 1. The lowest BCUT2D eigenvalue weighted by atomic mass is 10.1. The molecule has 0 atom stereocenters. The van der Waals surface area contributed by atoms with E-state index in [-0.39, 0.29) is 24.1 Å². The predicted octanol–water partition coefficient (Wildman–Crippen LogP) is 5.24. The Morgan fingerprint density at radius 1 is 1.22 bits per heavy atom. The molecule has 0 saturated carbocycles. The van der Waals surface area contributed by atoms with Crippen LogP contribution in [0.4, 0.5) is 5.00 Å². The van der Waals surface area contributed by atoms with Gasteiger partial charge in [0.05, 0.1) is 10.5 Å². The first-order chi connectivity index (χ1) is 18.0. The number of nitrogens with one attached hydrogen (secondary N) is 2. The normalized spacial score (nSPS) is 15.9.